The average molecular weight is 1570 g/mol. The van der Waals surface area contributed by atoms with Crippen molar-refractivity contribution >= 4 is 94.7 Å². The predicted octanol–water partition coefficient (Wildman–Crippen LogP) is -6.05. The van der Waals surface area contributed by atoms with Gasteiger partial charge < -0.3 is 127 Å². The number of aliphatic imine (C=N–C) groups is 2. The molecule has 2 fully saturated rings. The maximum atomic E-state index is 15.6. The standard InChI is InChI=1S/C71H119N19O21/c1-32(2)29-34(5)54(95)37(8)59(99)83-44(31-49(73)94)61(101)81-42(17-15-26-79-70(75)76)55(96)56(97)66(106)85-50(35(6)36(7)58(74)98)63(103)87-52-39(10)111-69(109)47-19-13-14-28-90(47)68(108)53(57(110-12)40-20-22-41(92)23-21-40)88-62(102)46(24-25-48(72)93)89(11)67(107)45(30-33(3)4)84-60(100)43(18-16-27-80-71(77)78)82-64(104)51(38(9)91)86-65(52)105/h20-23,32-39,42-47,50-57,91-92,95-97H,13-19,24-31H2,1-12H3,(H2,72,93)(H2,73,94)(H2,74,98)(H,81,101)(H,82,104)(H,83,99)(H,84,100)(H,85,106)(H,86,105)(H,87,103)(H,88,102)(H4,75,76,79)(H4,77,78,80). The highest BCUT2D eigenvalue weighted by molar-refractivity contribution is 6.00. The molecule has 40 nitrogen and oxygen atoms in total. The number of esters is 1. The number of guanidine groups is 2. The Morgan fingerprint density at radius 3 is 1.79 bits per heavy atom. The van der Waals surface area contributed by atoms with Crippen molar-refractivity contribution in [2.24, 2.45) is 85.6 Å². The summed E-state index contributed by atoms with van der Waals surface area (Å²) in [5.41, 5.74) is 39.3. The number of phenolic OH excluding ortho intramolecular Hbond substituents is 1. The number of likely N-dealkylation sites (N-methyl/N-ethyl adjacent to an activating group) is 1. The molecule has 20 atom stereocenters. The van der Waals surface area contributed by atoms with Gasteiger partial charge in [-0.1, -0.05) is 67.5 Å². The van der Waals surface area contributed by atoms with Crippen molar-refractivity contribution in [1.82, 2.24) is 52.3 Å². The summed E-state index contributed by atoms with van der Waals surface area (Å²) in [7, 11) is 2.40. The molecule has 0 aliphatic carbocycles. The van der Waals surface area contributed by atoms with E-state index in [1.807, 2.05) is 13.8 Å². The molecule has 624 valence electrons. The van der Waals surface area contributed by atoms with Gasteiger partial charge in [-0.25, -0.2) is 4.79 Å². The quantitative estimate of drug-likeness (QED) is 0.0129. The molecule has 2 heterocycles. The van der Waals surface area contributed by atoms with E-state index in [1.54, 1.807) is 20.8 Å². The molecule has 13 amide bonds. The maximum Gasteiger partial charge on any atom is 0.329 e. The Hall–Kier alpha value is -10.1. The number of hydrogen-bond donors (Lipinski definition) is 20. The highest BCUT2D eigenvalue weighted by Gasteiger charge is 2.47. The molecule has 0 radical (unpaired) electrons. The van der Waals surface area contributed by atoms with Crippen LogP contribution < -0.4 is 82.7 Å². The second-order valence-corrected chi connectivity index (χ2v) is 29.5. The summed E-state index contributed by atoms with van der Waals surface area (Å²) in [6.07, 6.45) is -13.5. The van der Waals surface area contributed by atoms with Gasteiger partial charge in [-0.2, -0.15) is 0 Å². The van der Waals surface area contributed by atoms with Gasteiger partial charge in [0.2, 0.25) is 70.9 Å². The van der Waals surface area contributed by atoms with E-state index in [1.165, 1.54) is 59.2 Å². The van der Waals surface area contributed by atoms with Crippen molar-refractivity contribution in [3.63, 3.8) is 0 Å². The molecule has 1 aromatic rings. The fourth-order valence-corrected chi connectivity index (χ4v) is 13.0. The lowest BCUT2D eigenvalue weighted by molar-refractivity contribution is -0.165. The molecule has 3 rings (SSSR count). The number of aliphatic hydroxyl groups is 4. The van der Waals surface area contributed by atoms with Crippen LogP contribution in [0, 0.1) is 35.5 Å². The van der Waals surface area contributed by atoms with E-state index in [-0.39, 0.29) is 106 Å². The number of amides is 13. The number of nitrogens with two attached hydrogens (primary N) is 7. The minimum absolute atomic E-state index is 0.0507. The van der Waals surface area contributed by atoms with Gasteiger partial charge in [0.25, 0.3) is 5.91 Å². The smallest absolute Gasteiger partial charge is 0.329 e. The Bertz CT molecular complexity index is 3430. The Labute approximate surface area is 645 Å². The van der Waals surface area contributed by atoms with E-state index in [9.17, 15) is 68.7 Å². The zero-order chi connectivity index (χ0) is 84.2. The van der Waals surface area contributed by atoms with Gasteiger partial charge in [-0.3, -0.25) is 72.3 Å². The third-order valence-electron chi connectivity index (χ3n) is 19.5. The van der Waals surface area contributed by atoms with Crippen LogP contribution in [0.15, 0.2) is 34.3 Å². The molecule has 0 aromatic heterocycles. The summed E-state index contributed by atoms with van der Waals surface area (Å²) >= 11 is 0. The van der Waals surface area contributed by atoms with E-state index in [0.29, 0.717) is 6.42 Å². The van der Waals surface area contributed by atoms with Crippen LogP contribution in [0.3, 0.4) is 0 Å². The predicted molar refractivity (Wildman–Crippen MR) is 401 cm³/mol. The summed E-state index contributed by atoms with van der Waals surface area (Å²) in [6, 6.07) is -13.0. The number of piperidine rings is 1. The first-order valence-corrected chi connectivity index (χ1v) is 37.1. The molecule has 1 aromatic carbocycles. The lowest BCUT2D eigenvalue weighted by Gasteiger charge is -2.39. The number of carbonyl (C=O) groups is 14. The summed E-state index contributed by atoms with van der Waals surface area (Å²) in [5.74, 6) is -21.7. The highest BCUT2D eigenvalue weighted by Crippen LogP contribution is 2.30. The Balaban J connectivity index is 2.38. The molecule has 2 aliphatic heterocycles. The minimum atomic E-state index is -2.67. The summed E-state index contributed by atoms with van der Waals surface area (Å²) in [5, 5.41) is 76.1. The number of carbonyl (C=O) groups excluding carboxylic acids is 14. The van der Waals surface area contributed by atoms with Crippen LogP contribution in [0.4, 0.5) is 0 Å². The first-order valence-electron chi connectivity index (χ1n) is 37.1. The van der Waals surface area contributed by atoms with E-state index >= 15 is 24.0 Å². The highest BCUT2D eigenvalue weighted by atomic mass is 16.5. The van der Waals surface area contributed by atoms with Gasteiger partial charge in [0, 0.05) is 46.1 Å². The molecular weight excluding hydrogens is 1450 g/mol. The Morgan fingerprint density at radius 1 is 0.649 bits per heavy atom. The number of aliphatic hydroxyl groups excluding tert-OH is 4. The molecule has 0 bridgehead atoms. The molecule has 40 heteroatoms. The van der Waals surface area contributed by atoms with Crippen LogP contribution in [0.1, 0.15) is 158 Å². The zero-order valence-corrected chi connectivity index (χ0v) is 65.2. The number of aromatic hydroxyl groups is 1. The fourth-order valence-electron chi connectivity index (χ4n) is 13.0. The second kappa shape index (κ2) is 45.3. The van der Waals surface area contributed by atoms with Crippen molar-refractivity contribution < 1.29 is 102 Å². The van der Waals surface area contributed by atoms with Gasteiger partial charge in [0.05, 0.1) is 30.6 Å². The van der Waals surface area contributed by atoms with Crippen LogP contribution in [0.25, 0.3) is 0 Å². The summed E-state index contributed by atoms with van der Waals surface area (Å²) < 4.78 is 11.9. The van der Waals surface area contributed by atoms with E-state index in [4.69, 9.17) is 49.6 Å². The molecule has 0 saturated carbocycles. The monoisotopic (exact) mass is 1570 g/mol. The first-order chi connectivity index (χ1) is 51.8. The first kappa shape index (κ1) is 95.1. The van der Waals surface area contributed by atoms with Crippen LogP contribution in [0.2, 0.25) is 0 Å². The van der Waals surface area contributed by atoms with E-state index in [2.05, 4.69) is 52.5 Å². The van der Waals surface area contributed by atoms with Gasteiger partial charge in [0.1, 0.15) is 78.4 Å². The van der Waals surface area contributed by atoms with E-state index < -0.39 is 223 Å². The van der Waals surface area contributed by atoms with Crippen molar-refractivity contribution in [1.29, 1.82) is 0 Å². The lowest BCUT2D eigenvalue weighted by Crippen LogP contribution is -2.65. The van der Waals surface area contributed by atoms with Gasteiger partial charge in [-0.15, -0.1) is 0 Å². The van der Waals surface area contributed by atoms with Crippen LogP contribution in [-0.4, -0.2) is 255 Å². The van der Waals surface area contributed by atoms with Crippen molar-refractivity contribution in [3.05, 3.63) is 29.8 Å². The third-order valence-corrected chi connectivity index (χ3v) is 19.5. The molecule has 111 heavy (non-hydrogen) atoms. The normalized spacial score (nSPS) is 23.2. The Kier molecular flexibility index (Phi) is 38.8. The number of methoxy groups -OCH3 is 1. The Morgan fingerprint density at radius 2 is 1.24 bits per heavy atom. The third kappa shape index (κ3) is 29.6. The van der Waals surface area contributed by atoms with Crippen LogP contribution in [0.5, 0.6) is 5.75 Å². The van der Waals surface area contributed by atoms with Gasteiger partial charge >= 0.3 is 5.97 Å². The molecule has 2 saturated heterocycles. The number of nitrogens with one attached hydrogen (secondary N) is 8. The zero-order valence-electron chi connectivity index (χ0n) is 65.2. The van der Waals surface area contributed by atoms with Crippen molar-refractivity contribution in [2.75, 3.05) is 33.8 Å². The van der Waals surface area contributed by atoms with Crippen molar-refractivity contribution in [2.45, 2.75) is 243 Å². The molecular formula is C71H119N19O21. The second-order valence-electron chi connectivity index (χ2n) is 29.5. The fraction of sp³-hybridized carbons (Fsp3) is 0.690. The summed E-state index contributed by atoms with van der Waals surface area (Å²) in [6.45, 7) is 14.4. The van der Waals surface area contributed by atoms with Crippen LogP contribution >= 0.6 is 0 Å². The van der Waals surface area contributed by atoms with E-state index in [0.717, 1.165) is 23.6 Å². The minimum Gasteiger partial charge on any atom is -0.508 e. The maximum absolute atomic E-state index is 15.6. The molecule has 0 spiro atoms. The van der Waals surface area contributed by atoms with Gasteiger partial charge in [0.15, 0.2) is 18.0 Å². The number of hydrogen-bond acceptors (Lipinski definition) is 23. The van der Waals surface area contributed by atoms with Crippen LogP contribution in [-0.2, 0) is 76.6 Å². The largest absolute Gasteiger partial charge is 0.508 e. The number of cyclic esters (lactones) is 1. The number of ether oxygens (including phenoxy) is 2. The lowest BCUT2D eigenvalue weighted by atomic mass is 9.87. The molecule has 20 unspecified atom stereocenters. The average Bonchev–Trinajstić information content (AvgIpc) is 0.786. The number of rotatable bonds is 36. The SMILES string of the molecule is COC(c1ccc(O)cc1)C1NC(=O)C(CCC(N)=O)N(C)C(=O)C(CC(C)C)NC(=O)C(CCCN=C(N)N)NC(=O)C(C(C)O)NC(=O)C(NC(=O)C(NC(=O)C(O)C(O)C(CCCN=C(N)N)NC(=O)C(CC(N)=O)NC(=O)C(C)C(O)C(C)CC(C)C)C(C)C(C)C(N)=O)C(C)OC(=O)C2CCCCN2C1=O. The number of phenols is 1. The summed E-state index contributed by atoms with van der Waals surface area (Å²) in [4.78, 5) is 211. The number of primary amides is 3. The topological polar surface area (TPSA) is 668 Å². The number of nitrogens with zero attached hydrogens (tertiary/aromatic N) is 4. The number of benzene rings is 1. The van der Waals surface area contributed by atoms with Crippen molar-refractivity contribution in [3.8, 4) is 5.75 Å². The molecule has 27 N–H and O–H groups in total. The molecule has 2 aliphatic rings. The number of fused-ring (bicyclic) bond motifs is 1. The van der Waals surface area contributed by atoms with Gasteiger partial charge in [-0.05, 0) is 119 Å².